The van der Waals surface area contributed by atoms with Gasteiger partial charge in [-0.25, -0.2) is 4.39 Å². The molecule has 0 amide bonds. The maximum atomic E-state index is 13.2. The second-order valence-corrected chi connectivity index (χ2v) is 8.20. The summed E-state index contributed by atoms with van der Waals surface area (Å²) in [5, 5.41) is 28.7. The predicted octanol–water partition coefficient (Wildman–Crippen LogP) is 1.13. The summed E-state index contributed by atoms with van der Waals surface area (Å²) in [5.41, 5.74) is 3.70. The minimum atomic E-state index is -1.08. The summed E-state index contributed by atoms with van der Waals surface area (Å²) in [4.78, 5) is 10.7. The molecule has 3 aliphatic carbocycles. The maximum Gasteiger partial charge on any atom is 1.00 e. The fraction of sp³-hybridized carbons (Fsp3) is 0.522. The van der Waals surface area contributed by atoms with E-state index in [0.717, 1.165) is 31.2 Å². The van der Waals surface area contributed by atoms with Gasteiger partial charge in [-0.2, -0.15) is 0 Å². The molecule has 0 saturated heterocycles. The van der Waals surface area contributed by atoms with E-state index in [9.17, 15) is 19.4 Å². The van der Waals surface area contributed by atoms with Crippen molar-refractivity contribution in [3.05, 3.63) is 58.9 Å². The number of hydrogen-bond donors (Lipinski definition) is 3. The van der Waals surface area contributed by atoms with Gasteiger partial charge in [0, 0.05) is 6.42 Å². The predicted molar refractivity (Wildman–Crippen MR) is 106 cm³/mol. The molecule has 4 rings (SSSR count). The Balaban J connectivity index is 0.00000225. The Hall–Kier alpha value is -0.980. The van der Waals surface area contributed by atoms with Gasteiger partial charge in [-0.05, 0) is 73.6 Å². The minimum Gasteiger partial charge on any atom is -1.00 e. The number of allylic oxidation sites excluding steroid dienone is 3. The molecule has 2 bridgehead atoms. The Morgan fingerprint density at radius 1 is 1.17 bits per heavy atom. The van der Waals surface area contributed by atoms with Crippen LogP contribution in [0.3, 0.4) is 0 Å². The number of aliphatic hydroxyl groups is 2. The SMILES string of the molecule is O=C(O)CC(O)CC(O)/C=C/C1=C(Cc2ccc(F)cc2)CC2CCC1CC2.[H-].[Na+]. The van der Waals surface area contributed by atoms with Crippen LogP contribution in [-0.4, -0.2) is 33.5 Å². The summed E-state index contributed by atoms with van der Waals surface area (Å²) >= 11 is 0. The molecule has 1 saturated carbocycles. The Bertz CT molecular complexity index is 742. The Labute approximate surface area is 195 Å². The van der Waals surface area contributed by atoms with Gasteiger partial charge < -0.3 is 16.7 Å². The van der Waals surface area contributed by atoms with Gasteiger partial charge in [0.15, 0.2) is 0 Å². The molecule has 3 aliphatic rings. The van der Waals surface area contributed by atoms with Crippen LogP contribution in [0.25, 0.3) is 0 Å². The molecule has 0 aliphatic heterocycles. The van der Waals surface area contributed by atoms with E-state index in [-0.39, 0.29) is 49.6 Å². The number of hydrogen-bond acceptors (Lipinski definition) is 3. The Morgan fingerprint density at radius 2 is 1.83 bits per heavy atom. The second-order valence-electron chi connectivity index (χ2n) is 8.20. The fourth-order valence-corrected chi connectivity index (χ4v) is 4.57. The normalized spacial score (nSPS) is 23.6. The number of carbonyl (C=O) groups is 1. The first kappa shape index (κ1) is 24.3. The molecule has 1 aromatic rings. The van der Waals surface area contributed by atoms with Crippen LogP contribution >= 0.6 is 0 Å². The largest absolute Gasteiger partial charge is 1.00 e. The zero-order valence-electron chi connectivity index (χ0n) is 18.1. The first-order valence-corrected chi connectivity index (χ1v) is 10.1. The van der Waals surface area contributed by atoms with Gasteiger partial charge in [-0.3, -0.25) is 4.79 Å². The number of aliphatic hydroxyl groups excluding tert-OH is 2. The molecule has 0 heterocycles. The van der Waals surface area contributed by atoms with E-state index < -0.39 is 18.2 Å². The number of halogens is 1. The van der Waals surface area contributed by atoms with Crippen molar-refractivity contribution in [3.8, 4) is 0 Å². The van der Waals surface area contributed by atoms with Crippen LogP contribution < -0.4 is 29.6 Å². The summed E-state index contributed by atoms with van der Waals surface area (Å²) in [6, 6.07) is 6.63. The van der Waals surface area contributed by atoms with Crippen LogP contribution in [0.2, 0.25) is 0 Å². The quantitative estimate of drug-likeness (QED) is 0.560. The molecule has 1 aromatic carbocycles. The minimum absolute atomic E-state index is 0. The van der Waals surface area contributed by atoms with E-state index in [1.807, 2.05) is 18.2 Å². The molecular weight excluding hydrogens is 382 g/mol. The van der Waals surface area contributed by atoms with E-state index in [4.69, 9.17) is 5.11 Å². The number of carboxylic acid groups (broad SMARTS) is 1. The van der Waals surface area contributed by atoms with Crippen LogP contribution in [0.1, 0.15) is 51.9 Å². The third-order valence-corrected chi connectivity index (χ3v) is 5.98. The van der Waals surface area contributed by atoms with Gasteiger partial charge in [0.25, 0.3) is 0 Å². The fourth-order valence-electron chi connectivity index (χ4n) is 4.57. The summed E-state index contributed by atoms with van der Waals surface area (Å²) in [7, 11) is 0. The second kappa shape index (κ2) is 11.4. The smallest absolute Gasteiger partial charge is 1.00 e. The van der Waals surface area contributed by atoms with Gasteiger partial charge in [0.2, 0.25) is 0 Å². The first-order chi connectivity index (χ1) is 13.4. The van der Waals surface area contributed by atoms with E-state index in [1.54, 1.807) is 6.08 Å². The third kappa shape index (κ3) is 7.34. The molecule has 2 unspecified atom stereocenters. The first-order valence-electron chi connectivity index (χ1n) is 10.1. The zero-order valence-corrected chi connectivity index (χ0v) is 19.1. The topological polar surface area (TPSA) is 77.8 Å². The molecule has 29 heavy (non-hydrogen) atoms. The van der Waals surface area contributed by atoms with Crippen molar-refractivity contribution in [3.63, 3.8) is 0 Å². The van der Waals surface area contributed by atoms with Crippen LogP contribution in [0.4, 0.5) is 4.39 Å². The Morgan fingerprint density at radius 3 is 2.45 bits per heavy atom. The molecule has 0 aromatic heterocycles. The van der Waals surface area contributed by atoms with Crippen molar-refractivity contribution < 1.29 is 55.5 Å². The molecule has 1 fully saturated rings. The molecule has 2 atom stereocenters. The van der Waals surface area contributed by atoms with Crippen LogP contribution in [0.5, 0.6) is 0 Å². The zero-order chi connectivity index (χ0) is 20.1. The summed E-state index contributed by atoms with van der Waals surface area (Å²) in [6.45, 7) is 0. The number of rotatable bonds is 8. The van der Waals surface area contributed by atoms with Crippen molar-refractivity contribution in [2.75, 3.05) is 0 Å². The van der Waals surface area contributed by atoms with Crippen molar-refractivity contribution >= 4 is 5.97 Å². The summed E-state index contributed by atoms with van der Waals surface area (Å²) in [6.07, 6.45) is 7.91. The van der Waals surface area contributed by atoms with Gasteiger partial charge >= 0.3 is 35.5 Å². The molecule has 0 radical (unpaired) electrons. The van der Waals surface area contributed by atoms with Crippen molar-refractivity contribution in [1.82, 2.24) is 0 Å². The van der Waals surface area contributed by atoms with Crippen LogP contribution in [0.15, 0.2) is 47.6 Å². The average molecular weight is 412 g/mol. The van der Waals surface area contributed by atoms with Crippen LogP contribution in [-0.2, 0) is 11.2 Å². The molecule has 3 N–H and O–H groups in total. The molecule has 6 heteroatoms. The monoisotopic (exact) mass is 412 g/mol. The van der Waals surface area contributed by atoms with Gasteiger partial charge in [0.1, 0.15) is 5.82 Å². The maximum absolute atomic E-state index is 13.2. The number of carboxylic acids is 1. The number of benzene rings is 1. The number of fused-ring (bicyclic) bond motifs is 3. The summed E-state index contributed by atoms with van der Waals surface area (Å²) in [5.74, 6) is -0.142. The summed E-state index contributed by atoms with van der Waals surface area (Å²) < 4.78 is 13.2. The van der Waals surface area contributed by atoms with Crippen molar-refractivity contribution in [2.45, 2.75) is 63.6 Å². The van der Waals surface area contributed by atoms with E-state index >= 15 is 0 Å². The Kier molecular flexibility index (Phi) is 9.57. The molecule has 154 valence electrons. The van der Waals surface area contributed by atoms with E-state index in [1.165, 1.54) is 36.1 Å². The number of aliphatic carboxylic acids is 1. The third-order valence-electron chi connectivity index (χ3n) is 5.98. The van der Waals surface area contributed by atoms with Crippen molar-refractivity contribution in [2.24, 2.45) is 11.8 Å². The van der Waals surface area contributed by atoms with E-state index in [2.05, 4.69) is 0 Å². The van der Waals surface area contributed by atoms with E-state index in [0.29, 0.717) is 11.8 Å². The van der Waals surface area contributed by atoms with Crippen LogP contribution in [0, 0.1) is 17.7 Å². The molecule has 4 nitrogen and oxygen atoms in total. The average Bonchev–Trinajstić information content (AvgIpc) is 2.89. The molecule has 0 spiro atoms. The van der Waals surface area contributed by atoms with Crippen molar-refractivity contribution in [1.29, 1.82) is 0 Å². The van der Waals surface area contributed by atoms with Gasteiger partial charge in [0.05, 0.1) is 18.6 Å². The van der Waals surface area contributed by atoms with Gasteiger partial charge in [-0.15, -0.1) is 0 Å². The standard InChI is InChI=1S/C23H29FO4.Na.H/c24-19-7-3-16(4-8-19)12-18-11-15-1-5-17(6-2-15)22(18)10-9-20(25)13-21(26)14-23(27)28;;/h3-4,7-10,15,17,20-21,25-26H,1-2,5-6,11-14H2,(H,27,28);;/q;+1;-1/b10-9+;;. The van der Waals surface area contributed by atoms with Gasteiger partial charge in [-0.1, -0.05) is 29.9 Å². The molecular formula is C23H30FNaO4.